The van der Waals surface area contributed by atoms with Gasteiger partial charge >= 0.3 is 0 Å². The largest absolute Gasteiger partial charge is 0.507 e. The highest BCUT2D eigenvalue weighted by molar-refractivity contribution is 7.71. The molecule has 3 rings (SSSR count). The van der Waals surface area contributed by atoms with Crippen LogP contribution in [0.3, 0.4) is 0 Å². The van der Waals surface area contributed by atoms with Crippen LogP contribution in [0.1, 0.15) is 0 Å². The zero-order valence-electron chi connectivity index (χ0n) is 13.9. The minimum Gasteiger partial charge on any atom is -0.507 e. The molecule has 7 nitrogen and oxygen atoms in total. The van der Waals surface area contributed by atoms with Gasteiger partial charge in [-0.3, -0.25) is 10.2 Å². The van der Waals surface area contributed by atoms with E-state index in [0.717, 1.165) is 5.56 Å². The summed E-state index contributed by atoms with van der Waals surface area (Å²) in [5.41, 5.74) is 2.08. The number of nitrogens with zero attached hydrogens (tertiary/aromatic N) is 1. The summed E-state index contributed by atoms with van der Waals surface area (Å²) in [5.74, 6) is 2.19. The van der Waals surface area contributed by atoms with Crippen LogP contribution in [-0.4, -0.2) is 41.6 Å². The van der Waals surface area contributed by atoms with E-state index in [2.05, 4.69) is 15.2 Å². The van der Waals surface area contributed by atoms with E-state index >= 15 is 0 Å². The number of phenols is 1. The fourth-order valence-corrected chi connectivity index (χ4v) is 2.70. The summed E-state index contributed by atoms with van der Waals surface area (Å²) in [6.07, 6.45) is 0. The van der Waals surface area contributed by atoms with Crippen molar-refractivity contribution in [2.45, 2.75) is 0 Å². The molecular weight excluding hydrogens is 342 g/mol. The number of hydrogen-bond acceptors (Lipinski definition) is 6. The molecule has 0 spiro atoms. The minimum atomic E-state index is 0.118. The first kappa shape index (κ1) is 16.8. The van der Waals surface area contributed by atoms with Gasteiger partial charge in [-0.1, -0.05) is 0 Å². The summed E-state index contributed by atoms with van der Waals surface area (Å²) in [6.45, 7) is 0. The first-order valence-electron chi connectivity index (χ1n) is 7.35. The number of aromatic nitrogens is 3. The van der Waals surface area contributed by atoms with Crippen molar-refractivity contribution in [1.82, 2.24) is 15.2 Å². The van der Waals surface area contributed by atoms with Crippen molar-refractivity contribution >= 4 is 12.2 Å². The van der Waals surface area contributed by atoms with Crippen LogP contribution >= 0.6 is 12.2 Å². The first-order chi connectivity index (χ1) is 12.1. The summed E-state index contributed by atoms with van der Waals surface area (Å²) >= 11 is 4.98. The standard InChI is InChI=1S/C17H17N3O4S/c1-22-13-7-10(8-14(23-2)15(13)24-3)11-6-9(4-5-12(11)21)16-18-17(25)20-19-16/h4-8,21H,1-3H3,(H2,18,19,20,25). The second-order valence-electron chi connectivity index (χ2n) is 5.16. The number of hydrogen-bond donors (Lipinski definition) is 3. The summed E-state index contributed by atoms with van der Waals surface area (Å²) in [7, 11) is 4.63. The molecule has 2 aromatic carbocycles. The van der Waals surface area contributed by atoms with Gasteiger partial charge in [0.25, 0.3) is 0 Å². The van der Waals surface area contributed by atoms with E-state index in [0.29, 0.717) is 39.0 Å². The van der Waals surface area contributed by atoms with Crippen molar-refractivity contribution in [1.29, 1.82) is 0 Å². The van der Waals surface area contributed by atoms with Crippen molar-refractivity contribution in [3.63, 3.8) is 0 Å². The third-order valence-corrected chi connectivity index (χ3v) is 3.94. The highest BCUT2D eigenvalue weighted by Gasteiger charge is 2.16. The van der Waals surface area contributed by atoms with Gasteiger partial charge in [-0.05, 0) is 48.1 Å². The van der Waals surface area contributed by atoms with Gasteiger partial charge in [-0.2, -0.15) is 4.98 Å². The highest BCUT2D eigenvalue weighted by atomic mass is 32.1. The van der Waals surface area contributed by atoms with Crippen molar-refractivity contribution in [2.24, 2.45) is 0 Å². The van der Waals surface area contributed by atoms with Crippen LogP contribution < -0.4 is 14.2 Å². The maximum absolute atomic E-state index is 10.3. The number of aromatic hydroxyl groups is 1. The van der Waals surface area contributed by atoms with Crippen molar-refractivity contribution in [3.8, 4) is 45.5 Å². The average molecular weight is 359 g/mol. The smallest absolute Gasteiger partial charge is 0.213 e. The lowest BCUT2D eigenvalue weighted by molar-refractivity contribution is 0.324. The summed E-state index contributed by atoms with van der Waals surface area (Å²) in [6, 6.07) is 8.69. The summed E-state index contributed by atoms with van der Waals surface area (Å²) in [4.78, 5) is 4.19. The number of rotatable bonds is 5. The molecule has 0 bridgehead atoms. The molecule has 25 heavy (non-hydrogen) atoms. The van der Waals surface area contributed by atoms with E-state index in [1.165, 1.54) is 7.11 Å². The van der Waals surface area contributed by atoms with Gasteiger partial charge in [-0.15, -0.1) is 0 Å². The number of nitrogens with one attached hydrogen (secondary N) is 2. The Labute approximate surface area is 149 Å². The lowest BCUT2D eigenvalue weighted by Gasteiger charge is -2.15. The second-order valence-corrected chi connectivity index (χ2v) is 5.55. The van der Waals surface area contributed by atoms with Crippen LogP contribution in [0.25, 0.3) is 22.5 Å². The molecule has 1 heterocycles. The van der Waals surface area contributed by atoms with Crippen molar-refractivity contribution in [2.75, 3.05) is 21.3 Å². The van der Waals surface area contributed by atoms with Gasteiger partial charge in [0, 0.05) is 11.1 Å². The normalized spacial score (nSPS) is 10.5. The third kappa shape index (κ3) is 3.16. The third-order valence-electron chi connectivity index (χ3n) is 3.75. The van der Waals surface area contributed by atoms with Crippen LogP contribution in [-0.2, 0) is 0 Å². The van der Waals surface area contributed by atoms with Gasteiger partial charge in [0.1, 0.15) is 5.75 Å². The van der Waals surface area contributed by atoms with Crippen molar-refractivity contribution in [3.05, 3.63) is 35.1 Å². The molecule has 0 radical (unpaired) electrons. The van der Waals surface area contributed by atoms with Crippen molar-refractivity contribution < 1.29 is 19.3 Å². The molecule has 130 valence electrons. The number of benzene rings is 2. The maximum Gasteiger partial charge on any atom is 0.213 e. The Hall–Kier alpha value is -3.00. The molecule has 0 atom stereocenters. The Morgan fingerprint density at radius 3 is 2.12 bits per heavy atom. The quantitative estimate of drug-likeness (QED) is 0.604. The Kier molecular flexibility index (Phi) is 4.62. The van der Waals surface area contributed by atoms with Gasteiger partial charge in [0.05, 0.1) is 21.3 Å². The van der Waals surface area contributed by atoms with E-state index < -0.39 is 0 Å². The predicted molar refractivity (Wildman–Crippen MR) is 96.0 cm³/mol. The molecular formula is C17H17N3O4S. The Morgan fingerprint density at radius 1 is 0.920 bits per heavy atom. The van der Waals surface area contributed by atoms with Gasteiger partial charge in [-0.25, -0.2) is 0 Å². The molecule has 0 unspecified atom stereocenters. The molecule has 1 aromatic heterocycles. The Balaban J connectivity index is 2.17. The SMILES string of the molecule is COc1cc(-c2cc(-c3nc(=S)[nH][nH]3)ccc2O)cc(OC)c1OC. The maximum atomic E-state index is 10.3. The molecule has 0 aliphatic rings. The fourth-order valence-electron chi connectivity index (χ4n) is 2.56. The molecule has 0 saturated heterocycles. The predicted octanol–water partition coefficient (Wildman–Crippen LogP) is 3.53. The van der Waals surface area contributed by atoms with Gasteiger partial charge < -0.3 is 19.3 Å². The number of phenolic OH excluding ortho intramolecular Hbond substituents is 1. The molecule has 0 saturated carbocycles. The molecule has 0 fully saturated rings. The number of aromatic amines is 2. The van der Waals surface area contributed by atoms with E-state index in [4.69, 9.17) is 26.4 Å². The van der Waals surface area contributed by atoms with E-state index in [-0.39, 0.29) is 5.75 Å². The van der Waals surface area contributed by atoms with Crippen LogP contribution in [0.5, 0.6) is 23.0 Å². The fraction of sp³-hybridized carbons (Fsp3) is 0.176. The zero-order valence-corrected chi connectivity index (χ0v) is 14.7. The molecule has 0 aliphatic carbocycles. The monoisotopic (exact) mass is 359 g/mol. The van der Waals surface area contributed by atoms with Crippen LogP contribution in [0.15, 0.2) is 30.3 Å². The average Bonchev–Trinajstić information content (AvgIpc) is 3.07. The van der Waals surface area contributed by atoms with Gasteiger partial charge in [0.15, 0.2) is 17.3 Å². The van der Waals surface area contributed by atoms with Crippen LogP contribution in [0, 0.1) is 4.77 Å². The minimum absolute atomic E-state index is 0.118. The van der Waals surface area contributed by atoms with E-state index in [1.807, 2.05) is 0 Å². The summed E-state index contributed by atoms with van der Waals surface area (Å²) in [5, 5.41) is 16.0. The lowest BCUT2D eigenvalue weighted by Crippen LogP contribution is -1.96. The van der Waals surface area contributed by atoms with Gasteiger partial charge in [0.2, 0.25) is 10.5 Å². The number of methoxy groups -OCH3 is 3. The summed E-state index contributed by atoms with van der Waals surface area (Å²) < 4.78 is 16.4. The Bertz CT molecular complexity index is 940. The highest BCUT2D eigenvalue weighted by Crippen LogP contribution is 2.43. The number of H-pyrrole nitrogens is 2. The zero-order chi connectivity index (χ0) is 18.0. The second kappa shape index (κ2) is 6.86. The van der Waals surface area contributed by atoms with E-state index in [9.17, 15) is 5.11 Å². The first-order valence-corrected chi connectivity index (χ1v) is 7.76. The molecule has 0 aliphatic heterocycles. The van der Waals surface area contributed by atoms with Crippen LogP contribution in [0.4, 0.5) is 0 Å². The topological polar surface area (TPSA) is 92.4 Å². The van der Waals surface area contributed by atoms with E-state index in [1.54, 1.807) is 44.6 Å². The molecule has 3 aromatic rings. The molecule has 0 amide bonds. The Morgan fingerprint density at radius 2 is 1.60 bits per heavy atom. The lowest BCUT2D eigenvalue weighted by atomic mass is 10.0. The van der Waals surface area contributed by atoms with Crippen LogP contribution in [0.2, 0.25) is 0 Å². The molecule has 3 N–H and O–H groups in total. The molecule has 8 heteroatoms. The number of ether oxygens (including phenoxy) is 3.